The molecule has 0 saturated carbocycles. The zero-order valence-electron chi connectivity index (χ0n) is 16.9. The van der Waals surface area contributed by atoms with Crippen LogP contribution >= 0.6 is 0 Å². The summed E-state index contributed by atoms with van der Waals surface area (Å²) in [6.07, 6.45) is 3.87. The molecule has 1 fully saturated rings. The van der Waals surface area contributed by atoms with Crippen LogP contribution < -0.4 is 0 Å². The van der Waals surface area contributed by atoms with Gasteiger partial charge in [-0.15, -0.1) is 6.58 Å². The number of fused-ring (bicyclic) bond motifs is 4. The maximum atomic E-state index is 13.3. The molecule has 2 aliphatic rings. The summed E-state index contributed by atoms with van der Waals surface area (Å²) in [5.74, 6) is 0.0407. The van der Waals surface area contributed by atoms with Crippen LogP contribution in [0.15, 0.2) is 67.3 Å². The maximum Gasteiger partial charge on any atom is 0.246 e. The van der Waals surface area contributed by atoms with E-state index in [1.165, 1.54) is 11.1 Å². The van der Waals surface area contributed by atoms with Crippen molar-refractivity contribution in [3.8, 4) is 0 Å². The molecule has 0 aliphatic carbocycles. The number of aromatic nitrogens is 1. The third-order valence-corrected chi connectivity index (χ3v) is 6.36. The highest BCUT2D eigenvalue weighted by molar-refractivity contribution is 5.97. The first-order valence-electron chi connectivity index (χ1n) is 10.5. The van der Waals surface area contributed by atoms with Gasteiger partial charge in [-0.1, -0.05) is 54.6 Å². The Hall–Kier alpha value is -3.34. The van der Waals surface area contributed by atoms with E-state index in [9.17, 15) is 9.59 Å². The number of hydrogen-bond donors (Lipinski definition) is 1. The zero-order chi connectivity index (χ0) is 20.7. The molecule has 2 aliphatic heterocycles. The number of nitrogens with zero attached hydrogens (tertiary/aromatic N) is 2. The number of nitrogens with one attached hydrogen (secondary N) is 1. The minimum absolute atomic E-state index is 0.0174. The van der Waals surface area contributed by atoms with E-state index in [4.69, 9.17) is 0 Å². The van der Waals surface area contributed by atoms with Crippen molar-refractivity contribution in [3.63, 3.8) is 0 Å². The molecule has 1 N–H and O–H groups in total. The lowest BCUT2D eigenvalue weighted by molar-refractivity contribution is -0.159. The first-order valence-corrected chi connectivity index (χ1v) is 10.5. The van der Waals surface area contributed by atoms with E-state index in [0.29, 0.717) is 13.0 Å². The molecule has 0 radical (unpaired) electrons. The van der Waals surface area contributed by atoms with Gasteiger partial charge in [0.1, 0.15) is 12.6 Å². The normalized spacial score (nSPS) is 20.9. The first-order chi connectivity index (χ1) is 14.7. The second kappa shape index (κ2) is 7.48. The molecule has 5 heteroatoms. The lowest BCUT2D eigenvalue weighted by atomic mass is 9.87. The summed E-state index contributed by atoms with van der Waals surface area (Å²) in [5.41, 5.74) is 4.56. The number of benzene rings is 2. The van der Waals surface area contributed by atoms with E-state index in [1.54, 1.807) is 11.0 Å². The zero-order valence-corrected chi connectivity index (χ0v) is 16.9. The first kappa shape index (κ1) is 18.7. The predicted molar refractivity (Wildman–Crippen MR) is 117 cm³/mol. The van der Waals surface area contributed by atoms with Crippen LogP contribution in [0.3, 0.4) is 0 Å². The predicted octanol–water partition coefficient (Wildman–Crippen LogP) is 3.62. The lowest BCUT2D eigenvalue weighted by Gasteiger charge is -2.47. The van der Waals surface area contributed by atoms with Crippen LogP contribution in [0.4, 0.5) is 0 Å². The molecule has 3 aromatic rings. The number of carbonyl (C=O) groups excluding carboxylic acids is 2. The van der Waals surface area contributed by atoms with Gasteiger partial charge in [-0.05, 0) is 30.0 Å². The number of hydrogen-bond acceptors (Lipinski definition) is 2. The average molecular weight is 399 g/mol. The molecule has 1 aromatic heterocycles. The van der Waals surface area contributed by atoms with Crippen LogP contribution in [-0.2, 0) is 22.4 Å². The van der Waals surface area contributed by atoms with Crippen LogP contribution in [0.1, 0.15) is 29.3 Å². The largest absolute Gasteiger partial charge is 0.356 e. The molecule has 2 aromatic carbocycles. The summed E-state index contributed by atoms with van der Waals surface area (Å²) >= 11 is 0. The Morgan fingerprint density at radius 2 is 1.83 bits per heavy atom. The minimum atomic E-state index is -0.446. The van der Waals surface area contributed by atoms with Gasteiger partial charge in [0.15, 0.2) is 0 Å². The van der Waals surface area contributed by atoms with Crippen molar-refractivity contribution in [3.05, 3.63) is 84.1 Å². The number of rotatable bonds is 5. The van der Waals surface area contributed by atoms with Gasteiger partial charge >= 0.3 is 0 Å². The number of amides is 2. The van der Waals surface area contributed by atoms with E-state index in [2.05, 4.69) is 35.8 Å². The van der Waals surface area contributed by atoms with Crippen molar-refractivity contribution in [2.45, 2.75) is 31.3 Å². The van der Waals surface area contributed by atoms with E-state index in [0.717, 1.165) is 29.4 Å². The topological polar surface area (TPSA) is 56.4 Å². The smallest absolute Gasteiger partial charge is 0.246 e. The molecule has 5 rings (SSSR count). The molecular formula is C25H25N3O2. The SMILES string of the molecule is C=CCN1CC(=O)N2[C@@H](Cc3c([nH]c4ccccc34)[C@@H]2CCc2ccccc2)C1=O. The molecule has 3 heterocycles. The summed E-state index contributed by atoms with van der Waals surface area (Å²) in [5, 5.41) is 1.15. The third kappa shape index (κ3) is 3.02. The summed E-state index contributed by atoms with van der Waals surface area (Å²) in [6.45, 7) is 4.27. The monoisotopic (exact) mass is 399 g/mol. The fourth-order valence-corrected chi connectivity index (χ4v) is 5.00. The molecular weight excluding hydrogens is 374 g/mol. The fourth-order valence-electron chi connectivity index (χ4n) is 5.00. The minimum Gasteiger partial charge on any atom is -0.356 e. The second-order valence-corrected chi connectivity index (χ2v) is 8.13. The van der Waals surface area contributed by atoms with Crippen molar-refractivity contribution in [1.29, 1.82) is 0 Å². The number of aryl methyl sites for hydroxylation is 1. The van der Waals surface area contributed by atoms with Crippen molar-refractivity contribution >= 4 is 22.7 Å². The lowest BCUT2D eigenvalue weighted by Crippen LogP contribution is -2.62. The van der Waals surface area contributed by atoms with Gasteiger partial charge < -0.3 is 14.8 Å². The summed E-state index contributed by atoms with van der Waals surface area (Å²) in [7, 11) is 0. The Labute approximate surface area is 176 Å². The van der Waals surface area contributed by atoms with Crippen LogP contribution in [0.25, 0.3) is 10.9 Å². The third-order valence-electron chi connectivity index (χ3n) is 6.36. The number of carbonyl (C=O) groups is 2. The number of para-hydroxylation sites is 1. The van der Waals surface area contributed by atoms with Crippen LogP contribution in [-0.4, -0.2) is 45.7 Å². The highest BCUT2D eigenvalue weighted by Gasteiger charge is 2.47. The van der Waals surface area contributed by atoms with Gasteiger partial charge in [0.2, 0.25) is 11.8 Å². The van der Waals surface area contributed by atoms with Gasteiger partial charge in [0.05, 0.1) is 6.04 Å². The van der Waals surface area contributed by atoms with Gasteiger partial charge in [0.25, 0.3) is 0 Å². The van der Waals surface area contributed by atoms with Crippen molar-refractivity contribution in [2.75, 3.05) is 13.1 Å². The average Bonchev–Trinajstić information content (AvgIpc) is 3.14. The number of piperazine rings is 1. The molecule has 1 saturated heterocycles. The highest BCUT2D eigenvalue weighted by atomic mass is 16.2. The summed E-state index contributed by atoms with van der Waals surface area (Å²) < 4.78 is 0. The van der Waals surface area contributed by atoms with E-state index in [1.807, 2.05) is 35.2 Å². The Bertz CT molecular complexity index is 1120. The van der Waals surface area contributed by atoms with Gasteiger partial charge in [-0.2, -0.15) is 0 Å². The van der Waals surface area contributed by atoms with Crippen LogP contribution in [0.2, 0.25) is 0 Å². The molecule has 30 heavy (non-hydrogen) atoms. The molecule has 5 nitrogen and oxygen atoms in total. The Balaban J connectivity index is 1.57. The highest BCUT2D eigenvalue weighted by Crippen LogP contribution is 2.41. The quantitative estimate of drug-likeness (QED) is 0.666. The molecule has 0 unspecified atom stereocenters. The van der Waals surface area contributed by atoms with E-state index in [-0.39, 0.29) is 24.4 Å². The maximum absolute atomic E-state index is 13.3. The Kier molecular flexibility index (Phi) is 4.66. The molecule has 0 spiro atoms. The van der Waals surface area contributed by atoms with E-state index >= 15 is 0 Å². The molecule has 0 bridgehead atoms. The van der Waals surface area contributed by atoms with Crippen molar-refractivity contribution in [2.24, 2.45) is 0 Å². The van der Waals surface area contributed by atoms with Crippen LogP contribution in [0, 0.1) is 0 Å². The standard InChI is InChI=1S/C25H25N3O2/c1-2-14-27-16-23(29)28-21(13-12-17-8-4-3-5-9-17)24-19(15-22(28)25(27)30)18-10-6-7-11-20(18)26-24/h2-11,21-22,26H,1,12-16H2/t21-,22-/m0/s1. The molecule has 2 amide bonds. The Morgan fingerprint density at radius 3 is 2.63 bits per heavy atom. The molecule has 152 valence electrons. The van der Waals surface area contributed by atoms with Gasteiger partial charge in [0, 0.05) is 29.6 Å². The summed E-state index contributed by atoms with van der Waals surface area (Å²) in [6, 6.07) is 17.9. The van der Waals surface area contributed by atoms with Gasteiger partial charge in [-0.25, -0.2) is 0 Å². The second-order valence-electron chi connectivity index (χ2n) is 8.13. The van der Waals surface area contributed by atoms with Crippen molar-refractivity contribution < 1.29 is 9.59 Å². The Morgan fingerprint density at radius 1 is 1.07 bits per heavy atom. The van der Waals surface area contributed by atoms with Crippen molar-refractivity contribution in [1.82, 2.24) is 14.8 Å². The number of H-pyrrole nitrogens is 1. The number of aromatic amines is 1. The van der Waals surface area contributed by atoms with Gasteiger partial charge in [-0.3, -0.25) is 9.59 Å². The van der Waals surface area contributed by atoms with Crippen LogP contribution in [0.5, 0.6) is 0 Å². The molecule has 2 atom stereocenters. The fraction of sp³-hybridized carbons (Fsp3) is 0.280. The van der Waals surface area contributed by atoms with E-state index < -0.39 is 6.04 Å². The summed E-state index contributed by atoms with van der Waals surface area (Å²) in [4.78, 5) is 33.5.